The van der Waals surface area contributed by atoms with Crippen molar-refractivity contribution in [1.29, 1.82) is 0 Å². The molecule has 2 fully saturated rings. The molecule has 2 aliphatic heterocycles. The smallest absolute Gasteiger partial charge is 0.229 e. The molecule has 2 saturated heterocycles. The average molecular weight is 478 g/mol. The van der Waals surface area contributed by atoms with Crippen molar-refractivity contribution >= 4 is 39.0 Å². The number of hydrogen-bond acceptors (Lipinski definition) is 7. The topological polar surface area (TPSA) is 70.6 Å². The van der Waals surface area contributed by atoms with E-state index in [0.29, 0.717) is 6.54 Å². The van der Waals surface area contributed by atoms with Gasteiger partial charge in [0.15, 0.2) is 0 Å². The van der Waals surface area contributed by atoms with E-state index in [1.165, 1.54) is 22.2 Å². The van der Waals surface area contributed by atoms with Crippen LogP contribution in [0.2, 0.25) is 0 Å². The number of ether oxygens (including phenoxy) is 1. The van der Waals surface area contributed by atoms with Gasteiger partial charge in [-0.1, -0.05) is 18.2 Å². The number of anilines is 2. The minimum Gasteiger partial charge on any atom is -0.379 e. The van der Waals surface area contributed by atoms with Crippen molar-refractivity contribution < 1.29 is 9.53 Å². The quantitative estimate of drug-likeness (QED) is 0.602. The molecule has 7 nitrogen and oxygen atoms in total. The van der Waals surface area contributed by atoms with Crippen LogP contribution in [0.3, 0.4) is 0 Å². The van der Waals surface area contributed by atoms with Crippen LogP contribution in [0.1, 0.15) is 35.5 Å². The van der Waals surface area contributed by atoms with Crippen molar-refractivity contribution in [2.24, 2.45) is 5.92 Å². The van der Waals surface area contributed by atoms with Crippen molar-refractivity contribution in [2.75, 3.05) is 49.6 Å². The lowest BCUT2D eigenvalue weighted by molar-refractivity contribution is -0.120. The second kappa shape index (κ2) is 9.60. The molecule has 1 unspecified atom stereocenters. The summed E-state index contributed by atoms with van der Waals surface area (Å²) in [5.74, 6) is 1.99. The number of rotatable bonds is 5. The molecule has 0 bridgehead atoms. The molecular weight excluding hydrogens is 446 g/mol. The highest BCUT2D eigenvalue weighted by molar-refractivity contribution is 7.19. The minimum absolute atomic E-state index is 0.0478. The van der Waals surface area contributed by atoms with E-state index < -0.39 is 0 Å². The lowest BCUT2D eigenvalue weighted by atomic mass is 9.96. The summed E-state index contributed by atoms with van der Waals surface area (Å²) in [6, 6.07) is 9.76. The number of morpholine rings is 1. The Balaban J connectivity index is 1.29. The lowest BCUT2D eigenvalue weighted by Gasteiger charge is -2.34. The first-order valence-corrected chi connectivity index (χ1v) is 13.3. The number of nitrogens with one attached hydrogen (secondary N) is 1. The number of thiophene rings is 1. The molecule has 8 heteroatoms. The number of aryl methyl sites for hydroxylation is 2. The van der Waals surface area contributed by atoms with Crippen LogP contribution in [0, 0.1) is 5.92 Å². The Morgan fingerprint density at radius 2 is 1.94 bits per heavy atom. The summed E-state index contributed by atoms with van der Waals surface area (Å²) < 4.78 is 5.52. The first kappa shape index (κ1) is 21.9. The van der Waals surface area contributed by atoms with E-state index in [2.05, 4.69) is 15.1 Å². The normalized spacial score (nSPS) is 21.1. The van der Waals surface area contributed by atoms with Crippen LogP contribution in [0.15, 0.2) is 30.3 Å². The fraction of sp³-hybridized carbons (Fsp3) is 0.500. The monoisotopic (exact) mass is 477 g/mol. The Bertz CT molecular complexity index is 1170. The van der Waals surface area contributed by atoms with Crippen molar-refractivity contribution in [3.63, 3.8) is 0 Å². The standard InChI is InChI=1S/C26H31N5O2S/c32-25(27-19-7-2-1-3-8-19)18-6-5-11-31(16-18)24-23-20-9-4-10-21(20)34-26(23)29-22(28-24)17-30-12-14-33-15-13-30/h1-3,7-8,18H,4-6,9-17H2,(H,27,32). The Kier molecular flexibility index (Phi) is 6.20. The van der Waals surface area contributed by atoms with Gasteiger partial charge in [-0.05, 0) is 49.8 Å². The van der Waals surface area contributed by atoms with E-state index >= 15 is 0 Å². The molecule has 0 spiro atoms. The average Bonchev–Trinajstić information content (AvgIpc) is 3.46. The van der Waals surface area contributed by atoms with Gasteiger partial charge in [0, 0.05) is 36.7 Å². The molecular formula is C26H31N5O2S. The fourth-order valence-electron chi connectivity index (χ4n) is 5.43. The SMILES string of the molecule is O=C(Nc1ccccc1)C1CCCN(c2nc(CN3CCOCC3)nc3sc4c(c23)CCC4)C1. The maximum atomic E-state index is 13.1. The Morgan fingerprint density at radius 1 is 1.09 bits per heavy atom. The van der Waals surface area contributed by atoms with E-state index in [1.807, 2.05) is 41.7 Å². The number of carbonyl (C=O) groups excluding carboxylic acids is 1. The zero-order valence-electron chi connectivity index (χ0n) is 19.5. The number of aromatic nitrogens is 2. The van der Waals surface area contributed by atoms with Gasteiger partial charge in [-0.3, -0.25) is 9.69 Å². The van der Waals surface area contributed by atoms with Gasteiger partial charge in [-0.15, -0.1) is 11.3 Å². The maximum absolute atomic E-state index is 13.1. The van der Waals surface area contributed by atoms with Gasteiger partial charge in [-0.2, -0.15) is 0 Å². The van der Waals surface area contributed by atoms with E-state index in [1.54, 1.807) is 0 Å². The third kappa shape index (κ3) is 4.42. The van der Waals surface area contributed by atoms with Gasteiger partial charge in [0.05, 0.1) is 31.1 Å². The van der Waals surface area contributed by atoms with Gasteiger partial charge in [0.1, 0.15) is 16.5 Å². The summed E-state index contributed by atoms with van der Waals surface area (Å²) in [7, 11) is 0. The number of hydrogen-bond donors (Lipinski definition) is 1. The van der Waals surface area contributed by atoms with E-state index in [4.69, 9.17) is 14.7 Å². The maximum Gasteiger partial charge on any atom is 0.229 e. The number of carbonyl (C=O) groups is 1. The number of benzene rings is 1. The highest BCUT2D eigenvalue weighted by atomic mass is 32.1. The highest BCUT2D eigenvalue weighted by Gasteiger charge is 2.31. The lowest BCUT2D eigenvalue weighted by Crippen LogP contribution is -2.41. The first-order valence-electron chi connectivity index (χ1n) is 12.5. The van der Waals surface area contributed by atoms with Crippen LogP contribution in [0.25, 0.3) is 10.2 Å². The summed E-state index contributed by atoms with van der Waals surface area (Å²) >= 11 is 1.85. The third-order valence-corrected chi connectivity index (χ3v) is 8.38. The van der Waals surface area contributed by atoms with Gasteiger partial charge in [0.25, 0.3) is 0 Å². The minimum atomic E-state index is -0.0478. The summed E-state index contributed by atoms with van der Waals surface area (Å²) in [5, 5.41) is 4.35. The Morgan fingerprint density at radius 3 is 2.79 bits per heavy atom. The number of amides is 1. The zero-order chi connectivity index (χ0) is 22.9. The summed E-state index contributed by atoms with van der Waals surface area (Å²) in [6.45, 7) is 5.77. The molecule has 178 valence electrons. The highest BCUT2D eigenvalue weighted by Crippen LogP contribution is 2.41. The number of para-hydroxylation sites is 1. The second-order valence-corrected chi connectivity index (χ2v) is 10.6. The number of fused-ring (bicyclic) bond motifs is 3. The number of nitrogens with zero attached hydrogens (tertiary/aromatic N) is 4. The molecule has 1 N–H and O–H groups in total. The summed E-state index contributed by atoms with van der Waals surface area (Å²) in [6.07, 6.45) is 5.38. The van der Waals surface area contributed by atoms with Gasteiger partial charge in [0.2, 0.25) is 5.91 Å². The van der Waals surface area contributed by atoms with Gasteiger partial charge >= 0.3 is 0 Å². The van der Waals surface area contributed by atoms with Crippen LogP contribution in [-0.4, -0.2) is 60.2 Å². The first-order chi connectivity index (χ1) is 16.7. The third-order valence-electron chi connectivity index (χ3n) is 7.19. The van der Waals surface area contributed by atoms with E-state index in [9.17, 15) is 4.79 Å². The van der Waals surface area contributed by atoms with Crippen molar-refractivity contribution in [1.82, 2.24) is 14.9 Å². The summed E-state index contributed by atoms with van der Waals surface area (Å²) in [5.41, 5.74) is 2.31. The molecule has 0 saturated carbocycles. The van der Waals surface area contributed by atoms with Crippen LogP contribution in [0.5, 0.6) is 0 Å². The molecule has 3 aliphatic rings. The van der Waals surface area contributed by atoms with Crippen LogP contribution < -0.4 is 10.2 Å². The predicted octanol–water partition coefficient (Wildman–Crippen LogP) is 3.87. The molecule has 4 heterocycles. The molecule has 1 aliphatic carbocycles. The van der Waals surface area contributed by atoms with Crippen molar-refractivity contribution in [3.8, 4) is 0 Å². The largest absolute Gasteiger partial charge is 0.379 e. The van der Waals surface area contributed by atoms with Gasteiger partial charge in [-0.25, -0.2) is 9.97 Å². The molecule has 2 aromatic heterocycles. The van der Waals surface area contributed by atoms with Crippen LogP contribution in [-0.2, 0) is 28.9 Å². The zero-order valence-corrected chi connectivity index (χ0v) is 20.3. The molecule has 1 aromatic carbocycles. The van der Waals surface area contributed by atoms with E-state index in [-0.39, 0.29) is 11.8 Å². The predicted molar refractivity (Wildman–Crippen MR) is 136 cm³/mol. The fourth-order valence-corrected chi connectivity index (χ4v) is 6.70. The number of piperidine rings is 1. The van der Waals surface area contributed by atoms with Crippen molar-refractivity contribution in [3.05, 3.63) is 46.6 Å². The molecule has 1 amide bonds. The molecule has 0 radical (unpaired) electrons. The van der Waals surface area contributed by atoms with E-state index in [0.717, 1.165) is 87.2 Å². The molecule has 1 atom stereocenters. The molecule has 6 rings (SSSR count). The van der Waals surface area contributed by atoms with Crippen LogP contribution in [0.4, 0.5) is 11.5 Å². The van der Waals surface area contributed by atoms with Gasteiger partial charge < -0.3 is 15.0 Å². The summed E-state index contributed by atoms with van der Waals surface area (Å²) in [4.78, 5) is 30.6. The molecule has 34 heavy (non-hydrogen) atoms. The second-order valence-electron chi connectivity index (χ2n) is 9.53. The van der Waals surface area contributed by atoms with Crippen LogP contribution >= 0.6 is 11.3 Å². The Hall–Kier alpha value is -2.55. The Labute approximate surface area is 204 Å². The van der Waals surface area contributed by atoms with Crippen molar-refractivity contribution in [2.45, 2.75) is 38.6 Å². The molecule has 3 aromatic rings.